The highest BCUT2D eigenvalue weighted by molar-refractivity contribution is 5.89. The Hall–Kier alpha value is -2.08. The number of nitrogens with zero attached hydrogens (tertiary/aromatic N) is 1. The van der Waals surface area contributed by atoms with Gasteiger partial charge in [-0.1, -0.05) is 19.1 Å². The van der Waals surface area contributed by atoms with E-state index < -0.39 is 0 Å². The largest absolute Gasteiger partial charge is 0.463 e. The Morgan fingerprint density at radius 1 is 1.38 bits per heavy atom. The van der Waals surface area contributed by atoms with Gasteiger partial charge < -0.3 is 14.2 Å². The number of carbonyl (C=O) groups is 2. The first kappa shape index (κ1) is 18.3. The molecule has 24 heavy (non-hydrogen) atoms. The molecule has 0 saturated carbocycles. The van der Waals surface area contributed by atoms with E-state index in [4.69, 9.17) is 14.2 Å². The fourth-order valence-electron chi connectivity index (χ4n) is 2.76. The highest BCUT2D eigenvalue weighted by Crippen LogP contribution is 2.23. The summed E-state index contributed by atoms with van der Waals surface area (Å²) in [7, 11) is 1.59. The van der Waals surface area contributed by atoms with Crippen LogP contribution in [0.4, 0.5) is 10.5 Å². The summed E-state index contributed by atoms with van der Waals surface area (Å²) < 4.78 is 15.5. The van der Waals surface area contributed by atoms with Crippen molar-refractivity contribution in [2.24, 2.45) is 0 Å². The highest BCUT2D eigenvalue weighted by Gasteiger charge is 2.32. The predicted octanol–water partition coefficient (Wildman–Crippen LogP) is 2.93. The van der Waals surface area contributed by atoms with E-state index in [1.165, 1.54) is 6.92 Å². The molecule has 0 N–H and O–H groups in total. The lowest BCUT2D eigenvalue weighted by Gasteiger charge is -2.16. The van der Waals surface area contributed by atoms with Crippen LogP contribution in [0, 0.1) is 0 Å². The van der Waals surface area contributed by atoms with Crippen LogP contribution in [-0.4, -0.2) is 44.5 Å². The standard InChI is InChI=1S/C18H25NO5/c1-4-16(23-13(2)20)10-7-14-5-8-15(9-6-14)19-11-17(12-22-3)24-18(19)21/h5-6,8-9,16-17H,4,7,10-12H2,1-3H3/t16-,17-/m1/s1. The number of anilines is 1. The molecule has 1 fully saturated rings. The summed E-state index contributed by atoms with van der Waals surface area (Å²) >= 11 is 0. The monoisotopic (exact) mass is 335 g/mol. The van der Waals surface area contributed by atoms with Gasteiger partial charge in [-0.25, -0.2) is 4.79 Å². The van der Waals surface area contributed by atoms with Crippen molar-refractivity contribution in [3.8, 4) is 0 Å². The molecule has 0 bridgehead atoms. The quantitative estimate of drug-likeness (QED) is 0.684. The molecular formula is C18H25NO5. The molecule has 1 heterocycles. The molecule has 0 unspecified atom stereocenters. The molecule has 1 aromatic rings. The van der Waals surface area contributed by atoms with E-state index >= 15 is 0 Å². The second-order valence-corrected chi connectivity index (χ2v) is 5.92. The zero-order chi connectivity index (χ0) is 17.5. The minimum absolute atomic E-state index is 0.0504. The molecule has 1 aromatic carbocycles. The van der Waals surface area contributed by atoms with E-state index in [9.17, 15) is 9.59 Å². The molecule has 0 radical (unpaired) electrons. The predicted molar refractivity (Wildman–Crippen MR) is 90.1 cm³/mol. The van der Waals surface area contributed by atoms with E-state index in [1.807, 2.05) is 31.2 Å². The van der Waals surface area contributed by atoms with Gasteiger partial charge in [-0.15, -0.1) is 0 Å². The summed E-state index contributed by atoms with van der Waals surface area (Å²) in [6.45, 7) is 4.33. The van der Waals surface area contributed by atoms with Crippen LogP contribution in [0.2, 0.25) is 0 Å². The van der Waals surface area contributed by atoms with Crippen LogP contribution >= 0.6 is 0 Å². The summed E-state index contributed by atoms with van der Waals surface area (Å²) in [6.07, 6.45) is 1.80. The van der Waals surface area contributed by atoms with Crippen LogP contribution in [0.1, 0.15) is 32.3 Å². The first-order valence-electron chi connectivity index (χ1n) is 8.26. The lowest BCUT2D eigenvalue weighted by atomic mass is 10.0. The highest BCUT2D eigenvalue weighted by atomic mass is 16.6. The van der Waals surface area contributed by atoms with Gasteiger partial charge >= 0.3 is 12.1 Å². The van der Waals surface area contributed by atoms with E-state index in [1.54, 1.807) is 12.0 Å². The van der Waals surface area contributed by atoms with Gasteiger partial charge in [0.1, 0.15) is 12.2 Å². The number of cyclic esters (lactones) is 1. The number of amides is 1. The molecule has 2 atom stereocenters. The van der Waals surface area contributed by atoms with Crippen LogP contribution in [0.15, 0.2) is 24.3 Å². The topological polar surface area (TPSA) is 65.1 Å². The van der Waals surface area contributed by atoms with Gasteiger partial charge in [-0.2, -0.15) is 0 Å². The first-order chi connectivity index (χ1) is 11.5. The van der Waals surface area contributed by atoms with Crippen molar-refractivity contribution < 1.29 is 23.8 Å². The van der Waals surface area contributed by atoms with Gasteiger partial charge in [0, 0.05) is 19.7 Å². The Morgan fingerprint density at radius 2 is 2.08 bits per heavy atom. The van der Waals surface area contributed by atoms with Crippen LogP contribution in [0.5, 0.6) is 0 Å². The maximum Gasteiger partial charge on any atom is 0.414 e. The average molecular weight is 335 g/mol. The van der Waals surface area contributed by atoms with Crippen LogP contribution in [0.25, 0.3) is 0 Å². The zero-order valence-electron chi connectivity index (χ0n) is 14.5. The molecular weight excluding hydrogens is 310 g/mol. The number of carbonyl (C=O) groups excluding carboxylic acids is 2. The maximum atomic E-state index is 11.9. The molecule has 1 saturated heterocycles. The van der Waals surface area contributed by atoms with Crippen molar-refractivity contribution >= 4 is 17.7 Å². The van der Waals surface area contributed by atoms with Crippen molar-refractivity contribution in [3.63, 3.8) is 0 Å². The lowest BCUT2D eigenvalue weighted by Crippen LogP contribution is -2.25. The normalized spacial score (nSPS) is 18.4. The maximum absolute atomic E-state index is 11.9. The third-order valence-corrected chi connectivity index (χ3v) is 4.02. The van der Waals surface area contributed by atoms with Gasteiger partial charge in [0.25, 0.3) is 0 Å². The summed E-state index contributed by atoms with van der Waals surface area (Å²) in [5.41, 5.74) is 1.96. The second-order valence-electron chi connectivity index (χ2n) is 5.92. The summed E-state index contributed by atoms with van der Waals surface area (Å²) in [5, 5.41) is 0. The summed E-state index contributed by atoms with van der Waals surface area (Å²) in [5.74, 6) is -0.240. The fourth-order valence-corrected chi connectivity index (χ4v) is 2.76. The number of hydrogen-bond donors (Lipinski definition) is 0. The number of benzene rings is 1. The summed E-state index contributed by atoms with van der Waals surface area (Å²) in [6, 6.07) is 7.82. The molecule has 1 aliphatic heterocycles. The number of methoxy groups -OCH3 is 1. The molecule has 0 aromatic heterocycles. The van der Waals surface area contributed by atoms with Gasteiger partial charge in [0.05, 0.1) is 13.2 Å². The Kier molecular flexibility index (Phi) is 6.61. The SMILES string of the molecule is CC[C@H](CCc1ccc(N2C[C@H](COC)OC2=O)cc1)OC(C)=O. The molecule has 2 rings (SSSR count). The summed E-state index contributed by atoms with van der Waals surface area (Å²) in [4.78, 5) is 24.6. The van der Waals surface area contributed by atoms with Gasteiger partial charge in [-0.3, -0.25) is 9.69 Å². The van der Waals surface area contributed by atoms with Gasteiger partial charge in [0.2, 0.25) is 0 Å². The number of aryl methyl sites for hydroxylation is 1. The van der Waals surface area contributed by atoms with E-state index in [2.05, 4.69) is 0 Å². The van der Waals surface area contributed by atoms with Gasteiger partial charge in [0.15, 0.2) is 0 Å². The Bertz CT molecular complexity index is 557. The number of ether oxygens (including phenoxy) is 3. The minimum atomic E-state index is -0.342. The Labute approximate surface area is 142 Å². The van der Waals surface area contributed by atoms with Crippen molar-refractivity contribution in [3.05, 3.63) is 29.8 Å². The van der Waals surface area contributed by atoms with E-state index in [0.717, 1.165) is 30.5 Å². The lowest BCUT2D eigenvalue weighted by molar-refractivity contribution is -0.146. The third kappa shape index (κ3) is 4.96. The Balaban J connectivity index is 1.91. The molecule has 0 aliphatic carbocycles. The molecule has 0 spiro atoms. The fraction of sp³-hybridized carbons (Fsp3) is 0.556. The first-order valence-corrected chi connectivity index (χ1v) is 8.26. The van der Waals surface area contributed by atoms with E-state index in [0.29, 0.717) is 13.2 Å². The van der Waals surface area contributed by atoms with Crippen molar-refractivity contribution in [1.29, 1.82) is 0 Å². The van der Waals surface area contributed by atoms with Crippen LogP contribution < -0.4 is 4.90 Å². The molecule has 132 valence electrons. The minimum Gasteiger partial charge on any atom is -0.463 e. The van der Waals surface area contributed by atoms with Crippen LogP contribution in [-0.2, 0) is 25.4 Å². The Morgan fingerprint density at radius 3 is 2.67 bits per heavy atom. The van der Waals surface area contributed by atoms with Crippen molar-refractivity contribution in [2.45, 2.75) is 45.3 Å². The molecule has 6 nitrogen and oxygen atoms in total. The number of esters is 1. The van der Waals surface area contributed by atoms with Crippen LogP contribution in [0.3, 0.4) is 0 Å². The van der Waals surface area contributed by atoms with Gasteiger partial charge in [-0.05, 0) is 37.0 Å². The van der Waals surface area contributed by atoms with E-state index in [-0.39, 0.29) is 24.3 Å². The van der Waals surface area contributed by atoms with Crippen molar-refractivity contribution in [1.82, 2.24) is 0 Å². The van der Waals surface area contributed by atoms with Crippen molar-refractivity contribution in [2.75, 3.05) is 25.2 Å². The average Bonchev–Trinajstić information content (AvgIpc) is 2.92. The molecule has 1 aliphatic rings. The number of hydrogen-bond acceptors (Lipinski definition) is 5. The smallest absolute Gasteiger partial charge is 0.414 e. The second kappa shape index (κ2) is 8.68. The number of rotatable bonds is 8. The third-order valence-electron chi connectivity index (χ3n) is 4.02. The molecule has 6 heteroatoms. The molecule has 1 amide bonds. The zero-order valence-corrected chi connectivity index (χ0v) is 14.5.